The van der Waals surface area contributed by atoms with Gasteiger partial charge in [0.1, 0.15) is 12.1 Å². The van der Waals surface area contributed by atoms with Crippen molar-refractivity contribution in [1.29, 1.82) is 10.5 Å². The third-order valence-electron chi connectivity index (χ3n) is 1.77. The van der Waals surface area contributed by atoms with Crippen LogP contribution in [0.3, 0.4) is 0 Å². The van der Waals surface area contributed by atoms with Crippen LogP contribution in [-0.4, -0.2) is 46.7 Å². The molecule has 0 atom stereocenters. The molecule has 0 spiro atoms. The molecular formula is C9H10N6O4. The minimum Gasteiger partial charge on any atom is -0.410 e. The summed E-state index contributed by atoms with van der Waals surface area (Å²) in [5, 5.41) is 42.7. The summed E-state index contributed by atoms with van der Waals surface area (Å²) >= 11 is 0. The molecule has 0 bridgehead atoms. The second kappa shape index (κ2) is 8.95. The maximum atomic E-state index is 11.1. The Balaban J connectivity index is 3.91. The van der Waals surface area contributed by atoms with Crippen molar-refractivity contribution in [2.45, 2.75) is 6.42 Å². The lowest BCUT2D eigenvalue weighted by Gasteiger charge is -2.04. The van der Waals surface area contributed by atoms with Gasteiger partial charge in [-0.05, 0) is 6.42 Å². The van der Waals surface area contributed by atoms with Gasteiger partial charge in [-0.1, -0.05) is 10.3 Å². The van der Waals surface area contributed by atoms with Crippen LogP contribution >= 0.6 is 0 Å². The van der Waals surface area contributed by atoms with Crippen molar-refractivity contribution < 1.29 is 20.0 Å². The lowest BCUT2D eigenvalue weighted by atomic mass is 10.3. The molecular weight excluding hydrogens is 256 g/mol. The van der Waals surface area contributed by atoms with Gasteiger partial charge in [-0.2, -0.15) is 10.5 Å². The number of hydrogen-bond donors (Lipinski definition) is 4. The summed E-state index contributed by atoms with van der Waals surface area (Å²) in [6, 6.07) is 2.76. The predicted molar refractivity (Wildman–Crippen MR) is 60.3 cm³/mol. The van der Waals surface area contributed by atoms with Crippen molar-refractivity contribution in [2.24, 2.45) is 10.3 Å². The zero-order valence-corrected chi connectivity index (χ0v) is 9.62. The normalized spacial score (nSPS) is 11.1. The van der Waals surface area contributed by atoms with Gasteiger partial charge in [-0.3, -0.25) is 9.59 Å². The van der Waals surface area contributed by atoms with E-state index in [0.29, 0.717) is 6.42 Å². The van der Waals surface area contributed by atoms with Gasteiger partial charge < -0.3 is 21.0 Å². The highest BCUT2D eigenvalue weighted by molar-refractivity contribution is 6.45. The van der Waals surface area contributed by atoms with Crippen molar-refractivity contribution in [1.82, 2.24) is 10.6 Å². The Bertz CT molecular complexity index is 440. The van der Waals surface area contributed by atoms with E-state index in [0.717, 1.165) is 0 Å². The molecule has 0 saturated carbocycles. The van der Waals surface area contributed by atoms with Crippen LogP contribution in [0.15, 0.2) is 10.3 Å². The fraction of sp³-hybridized carbons (Fsp3) is 0.333. The van der Waals surface area contributed by atoms with E-state index in [1.165, 1.54) is 12.1 Å². The molecule has 0 rings (SSSR count). The Morgan fingerprint density at radius 3 is 1.58 bits per heavy atom. The van der Waals surface area contributed by atoms with Gasteiger partial charge in [-0.15, -0.1) is 0 Å². The van der Waals surface area contributed by atoms with Crippen molar-refractivity contribution in [3.05, 3.63) is 0 Å². The molecule has 0 aliphatic heterocycles. The lowest BCUT2D eigenvalue weighted by Crippen LogP contribution is -2.35. The third-order valence-corrected chi connectivity index (χ3v) is 1.77. The molecule has 0 unspecified atom stereocenters. The number of nitrogens with zero attached hydrogens (tertiary/aromatic N) is 4. The highest BCUT2D eigenvalue weighted by Gasteiger charge is 2.11. The summed E-state index contributed by atoms with van der Waals surface area (Å²) < 4.78 is 0. The average molecular weight is 266 g/mol. The van der Waals surface area contributed by atoms with E-state index in [-0.39, 0.29) is 13.1 Å². The van der Waals surface area contributed by atoms with Crippen LogP contribution in [0.4, 0.5) is 0 Å². The third kappa shape index (κ3) is 5.65. The molecule has 0 aliphatic rings. The standard InChI is InChI=1S/C9H10N6O4/c10-4-6(14-18)8(16)12-2-1-3-13-9(17)7(5-11)15-19/h18-19H,1-3H2,(H,12,16)(H,13,17). The highest BCUT2D eigenvalue weighted by atomic mass is 16.4. The molecule has 10 heteroatoms. The van der Waals surface area contributed by atoms with Crippen LogP contribution in [0.2, 0.25) is 0 Å². The van der Waals surface area contributed by atoms with E-state index in [1.54, 1.807) is 0 Å². The van der Waals surface area contributed by atoms with Gasteiger partial charge in [0.2, 0.25) is 11.4 Å². The molecule has 2 amide bonds. The highest BCUT2D eigenvalue weighted by Crippen LogP contribution is 1.80. The molecule has 0 aromatic carbocycles. The molecule has 0 aromatic heterocycles. The maximum absolute atomic E-state index is 11.1. The van der Waals surface area contributed by atoms with Crippen LogP contribution < -0.4 is 10.6 Å². The number of rotatable bonds is 6. The van der Waals surface area contributed by atoms with Crippen LogP contribution in [0, 0.1) is 22.7 Å². The summed E-state index contributed by atoms with van der Waals surface area (Å²) in [4.78, 5) is 22.2. The summed E-state index contributed by atoms with van der Waals surface area (Å²) in [5.41, 5.74) is -1.36. The molecule has 0 radical (unpaired) electrons. The van der Waals surface area contributed by atoms with Gasteiger partial charge in [0.05, 0.1) is 0 Å². The van der Waals surface area contributed by atoms with Crippen molar-refractivity contribution in [2.75, 3.05) is 13.1 Å². The molecule has 0 heterocycles. The number of carbonyl (C=O) groups is 2. The Labute approximate surface area is 107 Å². The number of amides is 2. The second-order valence-electron chi connectivity index (χ2n) is 2.99. The first-order valence-electron chi connectivity index (χ1n) is 4.91. The second-order valence-corrected chi connectivity index (χ2v) is 2.99. The predicted octanol–water partition coefficient (Wildman–Crippen LogP) is -1.68. The average Bonchev–Trinajstić information content (AvgIpc) is 2.41. The molecule has 100 valence electrons. The van der Waals surface area contributed by atoms with E-state index in [9.17, 15) is 9.59 Å². The number of carbonyl (C=O) groups excluding carboxylic acids is 2. The fourth-order valence-electron chi connectivity index (χ4n) is 0.897. The molecule has 4 N–H and O–H groups in total. The monoisotopic (exact) mass is 266 g/mol. The molecule has 0 saturated heterocycles. The summed E-state index contributed by atoms with van der Waals surface area (Å²) in [6.45, 7) is 0.218. The van der Waals surface area contributed by atoms with Gasteiger partial charge >= 0.3 is 0 Å². The van der Waals surface area contributed by atoms with Gasteiger partial charge in [0.25, 0.3) is 11.8 Å². The Morgan fingerprint density at radius 1 is 0.947 bits per heavy atom. The molecule has 0 aliphatic carbocycles. The minimum absolute atomic E-state index is 0.109. The smallest absolute Gasteiger partial charge is 0.284 e. The lowest BCUT2D eigenvalue weighted by molar-refractivity contribution is -0.115. The zero-order chi connectivity index (χ0) is 14.7. The minimum atomic E-state index is -0.842. The summed E-state index contributed by atoms with van der Waals surface area (Å²) in [5.74, 6) is -1.68. The number of hydrogen-bond acceptors (Lipinski definition) is 8. The summed E-state index contributed by atoms with van der Waals surface area (Å²) in [6.07, 6.45) is 0.297. The molecule has 10 nitrogen and oxygen atoms in total. The molecule has 0 aromatic rings. The Kier molecular flexibility index (Phi) is 7.47. The van der Waals surface area contributed by atoms with E-state index in [1.807, 2.05) is 0 Å². The largest absolute Gasteiger partial charge is 0.410 e. The van der Waals surface area contributed by atoms with Gasteiger partial charge in [0.15, 0.2) is 0 Å². The first kappa shape index (κ1) is 15.9. The fourth-order valence-corrected chi connectivity index (χ4v) is 0.897. The van der Waals surface area contributed by atoms with Crippen LogP contribution in [0.25, 0.3) is 0 Å². The number of nitriles is 2. The first-order valence-corrected chi connectivity index (χ1v) is 4.91. The van der Waals surface area contributed by atoms with E-state index >= 15 is 0 Å². The molecule has 0 fully saturated rings. The Hall–Kier alpha value is -3.14. The maximum Gasteiger partial charge on any atom is 0.284 e. The van der Waals surface area contributed by atoms with E-state index in [2.05, 4.69) is 20.9 Å². The van der Waals surface area contributed by atoms with E-state index < -0.39 is 23.2 Å². The van der Waals surface area contributed by atoms with Crippen molar-refractivity contribution in [3.63, 3.8) is 0 Å². The van der Waals surface area contributed by atoms with Crippen LogP contribution in [-0.2, 0) is 9.59 Å². The topological polar surface area (TPSA) is 171 Å². The van der Waals surface area contributed by atoms with Crippen molar-refractivity contribution >= 4 is 23.2 Å². The first-order chi connectivity index (χ1) is 9.10. The SMILES string of the molecule is N#CC(=NO)C(=O)NCCCNC(=O)C(C#N)=NO. The Morgan fingerprint density at radius 2 is 1.32 bits per heavy atom. The number of oxime groups is 2. The molecule has 19 heavy (non-hydrogen) atoms. The quantitative estimate of drug-likeness (QED) is 0.193. The van der Waals surface area contributed by atoms with E-state index in [4.69, 9.17) is 20.9 Å². The zero-order valence-electron chi connectivity index (χ0n) is 9.62. The summed E-state index contributed by atoms with van der Waals surface area (Å²) in [7, 11) is 0. The van der Waals surface area contributed by atoms with Gasteiger partial charge in [-0.25, -0.2) is 0 Å². The van der Waals surface area contributed by atoms with Crippen LogP contribution in [0.1, 0.15) is 6.42 Å². The number of nitrogens with one attached hydrogen (secondary N) is 2. The van der Waals surface area contributed by atoms with Crippen LogP contribution in [0.5, 0.6) is 0 Å². The van der Waals surface area contributed by atoms with Gasteiger partial charge in [0, 0.05) is 13.1 Å². The van der Waals surface area contributed by atoms with Crippen molar-refractivity contribution in [3.8, 4) is 12.1 Å².